The van der Waals surface area contributed by atoms with Crippen molar-refractivity contribution >= 4 is 5.78 Å². The van der Waals surface area contributed by atoms with Crippen LogP contribution in [-0.2, 0) is 0 Å². The summed E-state index contributed by atoms with van der Waals surface area (Å²) in [6.07, 6.45) is 2.46. The Labute approximate surface area is 111 Å². The number of rotatable bonds is 3. The minimum absolute atomic E-state index is 0.198. The molecule has 1 aromatic rings. The fourth-order valence-electron chi connectivity index (χ4n) is 2.91. The van der Waals surface area contributed by atoms with E-state index in [1.165, 1.54) is 40.7 Å². The SMILES string of the molecule is Cc1c(C)c(C)c(C(=O)C(C)C2CC2)c(C)c1C. The van der Waals surface area contributed by atoms with Gasteiger partial charge in [-0.05, 0) is 81.2 Å². The molecule has 0 aromatic heterocycles. The topological polar surface area (TPSA) is 17.1 Å². The maximum absolute atomic E-state index is 12.7. The van der Waals surface area contributed by atoms with Crippen LogP contribution in [0.5, 0.6) is 0 Å². The molecule has 1 atom stereocenters. The molecule has 1 aliphatic rings. The third-order valence-corrected chi connectivity index (χ3v) is 4.99. The first kappa shape index (κ1) is 13.3. The molecule has 0 saturated heterocycles. The third kappa shape index (κ3) is 2.00. The van der Waals surface area contributed by atoms with Crippen molar-refractivity contribution in [2.24, 2.45) is 11.8 Å². The van der Waals surface area contributed by atoms with E-state index in [0.717, 1.165) is 5.56 Å². The number of hydrogen-bond acceptors (Lipinski definition) is 1. The van der Waals surface area contributed by atoms with Gasteiger partial charge in [-0.1, -0.05) is 6.92 Å². The molecule has 0 bridgehead atoms. The highest BCUT2D eigenvalue weighted by atomic mass is 16.1. The van der Waals surface area contributed by atoms with Gasteiger partial charge in [0.2, 0.25) is 0 Å². The molecule has 1 aromatic carbocycles. The van der Waals surface area contributed by atoms with Crippen LogP contribution in [0.3, 0.4) is 0 Å². The number of carbonyl (C=O) groups is 1. The Hall–Kier alpha value is -1.11. The summed E-state index contributed by atoms with van der Waals surface area (Å²) in [4.78, 5) is 12.7. The van der Waals surface area contributed by atoms with E-state index >= 15 is 0 Å². The van der Waals surface area contributed by atoms with Crippen LogP contribution in [0, 0.1) is 46.5 Å². The van der Waals surface area contributed by atoms with Gasteiger partial charge < -0.3 is 0 Å². The van der Waals surface area contributed by atoms with Crippen LogP contribution in [0.1, 0.15) is 57.9 Å². The second-order valence-corrected chi connectivity index (χ2v) is 5.99. The summed E-state index contributed by atoms with van der Waals surface area (Å²) >= 11 is 0. The molecular formula is C17H24O. The first-order valence-corrected chi connectivity index (χ1v) is 6.97. The molecule has 0 amide bonds. The maximum Gasteiger partial charge on any atom is 0.166 e. The van der Waals surface area contributed by atoms with Gasteiger partial charge in [0.05, 0.1) is 0 Å². The zero-order valence-corrected chi connectivity index (χ0v) is 12.5. The van der Waals surface area contributed by atoms with Gasteiger partial charge in [-0.3, -0.25) is 4.79 Å². The fourth-order valence-corrected chi connectivity index (χ4v) is 2.91. The highest BCUT2D eigenvalue weighted by molar-refractivity contribution is 6.01. The smallest absolute Gasteiger partial charge is 0.166 e. The van der Waals surface area contributed by atoms with Crippen LogP contribution in [-0.4, -0.2) is 5.78 Å². The van der Waals surface area contributed by atoms with Gasteiger partial charge in [-0.25, -0.2) is 0 Å². The van der Waals surface area contributed by atoms with Gasteiger partial charge in [0, 0.05) is 11.5 Å². The van der Waals surface area contributed by atoms with E-state index in [1.807, 2.05) is 0 Å². The Morgan fingerprint density at radius 2 is 1.28 bits per heavy atom. The normalized spacial score (nSPS) is 16.8. The summed E-state index contributed by atoms with van der Waals surface area (Å²) in [5, 5.41) is 0. The molecule has 1 saturated carbocycles. The van der Waals surface area contributed by atoms with E-state index in [9.17, 15) is 4.79 Å². The molecule has 1 fully saturated rings. The van der Waals surface area contributed by atoms with Crippen molar-refractivity contribution < 1.29 is 4.79 Å². The largest absolute Gasteiger partial charge is 0.294 e. The summed E-state index contributed by atoms with van der Waals surface area (Å²) < 4.78 is 0. The standard InChI is InChI=1S/C17H24O/c1-9-10(2)12(4)16(13(5)11(9)3)17(18)14(6)15-7-8-15/h14-15H,7-8H2,1-6H3. The summed E-state index contributed by atoms with van der Waals surface area (Å²) in [5.74, 6) is 1.20. The van der Waals surface area contributed by atoms with E-state index in [4.69, 9.17) is 0 Å². The van der Waals surface area contributed by atoms with E-state index in [1.54, 1.807) is 0 Å². The van der Waals surface area contributed by atoms with Gasteiger partial charge in [0.15, 0.2) is 5.78 Å². The lowest BCUT2D eigenvalue weighted by Crippen LogP contribution is -2.18. The molecule has 2 rings (SSSR count). The van der Waals surface area contributed by atoms with Crippen LogP contribution in [0.2, 0.25) is 0 Å². The average molecular weight is 244 g/mol. The minimum atomic E-state index is 0.198. The Morgan fingerprint density at radius 1 is 0.889 bits per heavy atom. The summed E-state index contributed by atoms with van der Waals surface area (Å²) in [6.45, 7) is 12.7. The number of carbonyl (C=O) groups excluding carboxylic acids is 1. The summed E-state index contributed by atoms with van der Waals surface area (Å²) in [6, 6.07) is 0. The number of ketones is 1. The predicted octanol–water partition coefficient (Wildman–Crippen LogP) is 4.46. The van der Waals surface area contributed by atoms with Crippen LogP contribution in [0.4, 0.5) is 0 Å². The molecule has 0 spiro atoms. The quantitative estimate of drug-likeness (QED) is 0.718. The van der Waals surface area contributed by atoms with Gasteiger partial charge in [0.1, 0.15) is 0 Å². The van der Waals surface area contributed by atoms with Crippen molar-refractivity contribution in [3.05, 3.63) is 33.4 Å². The molecule has 1 unspecified atom stereocenters. The van der Waals surface area contributed by atoms with Gasteiger partial charge in [-0.2, -0.15) is 0 Å². The van der Waals surface area contributed by atoms with Crippen LogP contribution >= 0.6 is 0 Å². The highest BCUT2D eigenvalue weighted by Gasteiger charge is 2.34. The van der Waals surface area contributed by atoms with Gasteiger partial charge in [-0.15, -0.1) is 0 Å². The van der Waals surface area contributed by atoms with E-state index < -0.39 is 0 Å². The lowest BCUT2D eigenvalue weighted by Gasteiger charge is -2.20. The number of benzene rings is 1. The van der Waals surface area contributed by atoms with E-state index in [-0.39, 0.29) is 5.92 Å². The van der Waals surface area contributed by atoms with Crippen LogP contribution in [0.25, 0.3) is 0 Å². The van der Waals surface area contributed by atoms with Crippen molar-refractivity contribution in [1.82, 2.24) is 0 Å². The van der Waals surface area contributed by atoms with E-state index in [2.05, 4.69) is 41.5 Å². The first-order chi connectivity index (χ1) is 8.36. The second-order valence-electron chi connectivity index (χ2n) is 5.99. The minimum Gasteiger partial charge on any atom is -0.294 e. The summed E-state index contributed by atoms with van der Waals surface area (Å²) in [7, 11) is 0. The highest BCUT2D eigenvalue weighted by Crippen LogP contribution is 2.39. The first-order valence-electron chi connectivity index (χ1n) is 6.97. The monoisotopic (exact) mass is 244 g/mol. The van der Waals surface area contributed by atoms with Crippen molar-refractivity contribution in [3.8, 4) is 0 Å². The lowest BCUT2D eigenvalue weighted by atomic mass is 9.83. The summed E-state index contributed by atoms with van der Waals surface area (Å²) in [5.41, 5.74) is 7.27. The van der Waals surface area contributed by atoms with Gasteiger partial charge >= 0.3 is 0 Å². The molecule has 18 heavy (non-hydrogen) atoms. The second kappa shape index (κ2) is 4.53. The molecule has 0 heterocycles. The van der Waals surface area contributed by atoms with Crippen molar-refractivity contribution in [1.29, 1.82) is 0 Å². The number of hydrogen-bond donors (Lipinski definition) is 0. The van der Waals surface area contributed by atoms with Crippen LogP contribution < -0.4 is 0 Å². The molecule has 0 N–H and O–H groups in total. The fraction of sp³-hybridized carbons (Fsp3) is 0.588. The van der Waals surface area contributed by atoms with Crippen molar-refractivity contribution in [2.75, 3.05) is 0 Å². The van der Waals surface area contributed by atoms with Crippen molar-refractivity contribution in [2.45, 2.75) is 54.4 Å². The average Bonchev–Trinajstić information content (AvgIpc) is 3.17. The molecule has 1 heteroatoms. The van der Waals surface area contributed by atoms with Gasteiger partial charge in [0.25, 0.3) is 0 Å². The molecular weight excluding hydrogens is 220 g/mol. The third-order valence-electron chi connectivity index (χ3n) is 4.99. The lowest BCUT2D eigenvalue weighted by molar-refractivity contribution is 0.0915. The molecule has 1 nitrogen and oxygen atoms in total. The Balaban J connectivity index is 2.53. The predicted molar refractivity (Wildman–Crippen MR) is 76.3 cm³/mol. The Bertz CT molecular complexity index is 478. The van der Waals surface area contributed by atoms with E-state index in [0.29, 0.717) is 11.7 Å². The Morgan fingerprint density at radius 3 is 1.67 bits per heavy atom. The number of Topliss-reactive ketones (excluding diaryl/α,β-unsaturated/α-hetero) is 1. The molecule has 0 radical (unpaired) electrons. The molecule has 98 valence electrons. The Kier molecular flexibility index (Phi) is 3.35. The zero-order valence-electron chi connectivity index (χ0n) is 12.5. The molecule has 1 aliphatic carbocycles. The molecule has 0 aliphatic heterocycles. The van der Waals surface area contributed by atoms with Crippen molar-refractivity contribution in [3.63, 3.8) is 0 Å². The maximum atomic E-state index is 12.7. The van der Waals surface area contributed by atoms with Crippen LogP contribution in [0.15, 0.2) is 0 Å². The zero-order chi connectivity index (χ0) is 13.6.